The average Bonchev–Trinajstić information content (AvgIpc) is 1.89. The first kappa shape index (κ1) is 6.59. The number of hydrogen-bond donors (Lipinski definition) is 1. The minimum Gasteiger partial charge on any atom is -0.361 e. The Hall–Kier alpha value is -0.530. The van der Waals surface area contributed by atoms with Crippen LogP contribution in [0.4, 0.5) is 0 Å². The molecule has 0 aromatic rings. The summed E-state index contributed by atoms with van der Waals surface area (Å²) in [5.41, 5.74) is 0. The first-order valence-corrected chi connectivity index (χ1v) is 3.67. The zero-order chi connectivity index (χ0) is 6.69. The zero-order valence-corrected chi connectivity index (χ0v) is 5.98. The van der Waals surface area contributed by atoms with Crippen LogP contribution < -0.4 is 0 Å². The van der Waals surface area contributed by atoms with E-state index in [0.717, 1.165) is 25.3 Å². The second kappa shape index (κ2) is 2.85. The summed E-state index contributed by atoms with van der Waals surface area (Å²) < 4.78 is 0. The Bertz CT molecular complexity index is 109. The quantitative estimate of drug-likeness (QED) is 0.566. The van der Waals surface area contributed by atoms with Gasteiger partial charge < -0.3 is 4.90 Å². The van der Waals surface area contributed by atoms with Gasteiger partial charge in [-0.25, -0.2) is 0 Å². The highest BCUT2D eigenvalue weighted by atomic mass is 15.2. The van der Waals surface area contributed by atoms with Gasteiger partial charge in [-0.1, -0.05) is 0 Å². The Morgan fingerprint density at radius 2 is 2.33 bits per heavy atom. The van der Waals surface area contributed by atoms with Crippen LogP contribution in [0, 0.1) is 5.41 Å². The van der Waals surface area contributed by atoms with E-state index in [4.69, 9.17) is 5.41 Å². The van der Waals surface area contributed by atoms with E-state index in [-0.39, 0.29) is 0 Å². The summed E-state index contributed by atoms with van der Waals surface area (Å²) in [6, 6.07) is 0. The fourth-order valence-corrected chi connectivity index (χ4v) is 1.24. The Labute approximate surface area is 56.4 Å². The van der Waals surface area contributed by atoms with E-state index in [0.29, 0.717) is 0 Å². The molecule has 0 atom stereocenters. The summed E-state index contributed by atoms with van der Waals surface area (Å²) in [6.07, 6.45) is 3.49. The molecule has 9 heavy (non-hydrogen) atoms. The molecule has 0 unspecified atom stereocenters. The average molecular weight is 126 g/mol. The lowest BCUT2D eigenvalue weighted by atomic mass is 10.1. The van der Waals surface area contributed by atoms with Crippen molar-refractivity contribution in [3.63, 3.8) is 0 Å². The maximum atomic E-state index is 7.47. The summed E-state index contributed by atoms with van der Waals surface area (Å²) in [5, 5.41) is 7.47. The Morgan fingerprint density at radius 3 is 2.78 bits per heavy atom. The van der Waals surface area contributed by atoms with E-state index in [1.54, 1.807) is 0 Å². The molecular weight excluding hydrogens is 112 g/mol. The highest BCUT2D eigenvalue weighted by Gasteiger charge is 2.11. The topological polar surface area (TPSA) is 27.1 Å². The first-order valence-electron chi connectivity index (χ1n) is 3.67. The molecule has 1 rings (SSSR count). The Balaban J connectivity index is 2.39. The fraction of sp³-hybridized carbons (Fsp3) is 0.857. The monoisotopic (exact) mass is 126 g/mol. The molecule has 0 saturated carbocycles. The third-order valence-electron chi connectivity index (χ3n) is 1.86. The molecule has 1 N–H and O–H groups in total. The lowest BCUT2D eigenvalue weighted by Gasteiger charge is -2.27. The normalized spacial score (nSPS) is 20.6. The van der Waals surface area contributed by atoms with Crippen molar-refractivity contribution >= 4 is 5.84 Å². The first-order chi connectivity index (χ1) is 4.34. The third-order valence-corrected chi connectivity index (χ3v) is 1.86. The Kier molecular flexibility index (Phi) is 2.09. The van der Waals surface area contributed by atoms with E-state index in [2.05, 4.69) is 11.8 Å². The van der Waals surface area contributed by atoms with Crippen molar-refractivity contribution in [1.82, 2.24) is 4.90 Å². The number of piperidine rings is 1. The van der Waals surface area contributed by atoms with Crippen LogP contribution in [0.25, 0.3) is 0 Å². The van der Waals surface area contributed by atoms with Crippen LogP contribution in [0.15, 0.2) is 0 Å². The molecule has 0 aliphatic carbocycles. The Morgan fingerprint density at radius 1 is 1.56 bits per heavy atom. The number of amidine groups is 1. The van der Waals surface area contributed by atoms with Gasteiger partial charge in [-0.2, -0.15) is 0 Å². The summed E-state index contributed by atoms with van der Waals surface area (Å²) in [4.78, 5) is 2.14. The summed E-state index contributed by atoms with van der Waals surface area (Å²) in [7, 11) is 0. The van der Waals surface area contributed by atoms with E-state index in [1.807, 2.05) is 0 Å². The maximum Gasteiger partial charge on any atom is 0.0957 e. The van der Waals surface area contributed by atoms with Crippen LogP contribution in [-0.4, -0.2) is 23.8 Å². The molecule has 0 radical (unpaired) electrons. The summed E-state index contributed by atoms with van der Waals surface area (Å²) >= 11 is 0. The minimum absolute atomic E-state index is 0.837. The van der Waals surface area contributed by atoms with Crippen molar-refractivity contribution in [3.8, 4) is 0 Å². The van der Waals surface area contributed by atoms with E-state index in [1.165, 1.54) is 12.8 Å². The molecular formula is C7H14N2. The largest absolute Gasteiger partial charge is 0.361 e. The number of nitrogens with zero attached hydrogens (tertiary/aromatic N) is 1. The molecule has 1 saturated heterocycles. The van der Waals surface area contributed by atoms with Gasteiger partial charge in [0.05, 0.1) is 5.84 Å². The van der Waals surface area contributed by atoms with Gasteiger partial charge in [-0.15, -0.1) is 0 Å². The van der Waals surface area contributed by atoms with E-state index in [9.17, 15) is 0 Å². The molecule has 2 heteroatoms. The van der Waals surface area contributed by atoms with Gasteiger partial charge in [0.15, 0.2) is 0 Å². The number of rotatable bonds is 1. The van der Waals surface area contributed by atoms with Crippen LogP contribution in [0.2, 0.25) is 0 Å². The van der Waals surface area contributed by atoms with Crippen LogP contribution in [0.3, 0.4) is 0 Å². The molecule has 1 fully saturated rings. The number of nitrogens with one attached hydrogen (secondary N) is 1. The van der Waals surface area contributed by atoms with Crippen molar-refractivity contribution in [2.75, 3.05) is 13.1 Å². The van der Waals surface area contributed by atoms with Crippen LogP contribution in [0.5, 0.6) is 0 Å². The van der Waals surface area contributed by atoms with Gasteiger partial charge in [-0.05, 0) is 19.8 Å². The van der Waals surface area contributed by atoms with Crippen LogP contribution >= 0.6 is 0 Å². The lowest BCUT2D eigenvalue weighted by Crippen LogP contribution is -2.34. The van der Waals surface area contributed by atoms with Crippen molar-refractivity contribution in [2.24, 2.45) is 0 Å². The second-order valence-electron chi connectivity index (χ2n) is 2.48. The summed E-state index contributed by atoms with van der Waals surface area (Å²) in [6.45, 7) is 4.23. The molecule has 0 aromatic heterocycles. The SMILES string of the molecule is CCN1CCCCC1=N. The molecule has 1 aliphatic heterocycles. The highest BCUT2D eigenvalue weighted by molar-refractivity contribution is 5.79. The van der Waals surface area contributed by atoms with Crippen molar-refractivity contribution < 1.29 is 0 Å². The third kappa shape index (κ3) is 1.44. The summed E-state index contributed by atoms with van der Waals surface area (Å²) in [5.74, 6) is 0.837. The predicted octanol–water partition coefficient (Wildman–Crippen LogP) is 1.47. The lowest BCUT2D eigenvalue weighted by molar-refractivity contribution is 0.384. The smallest absolute Gasteiger partial charge is 0.0957 e. The molecule has 0 amide bonds. The maximum absolute atomic E-state index is 7.47. The highest BCUT2D eigenvalue weighted by Crippen LogP contribution is 2.09. The van der Waals surface area contributed by atoms with E-state index >= 15 is 0 Å². The predicted molar refractivity (Wildman–Crippen MR) is 38.8 cm³/mol. The van der Waals surface area contributed by atoms with Gasteiger partial charge in [0.2, 0.25) is 0 Å². The van der Waals surface area contributed by atoms with Crippen LogP contribution in [-0.2, 0) is 0 Å². The molecule has 0 aromatic carbocycles. The van der Waals surface area contributed by atoms with Gasteiger partial charge in [0.25, 0.3) is 0 Å². The molecule has 1 aliphatic rings. The standard InChI is InChI=1S/C7H14N2/c1-2-9-6-4-3-5-7(9)8/h8H,2-6H2,1H3. The minimum atomic E-state index is 0.837. The molecule has 0 bridgehead atoms. The van der Waals surface area contributed by atoms with Gasteiger partial charge in [0.1, 0.15) is 0 Å². The van der Waals surface area contributed by atoms with Crippen molar-refractivity contribution in [1.29, 1.82) is 5.41 Å². The number of likely N-dealkylation sites (tertiary alicyclic amines) is 1. The fourth-order valence-electron chi connectivity index (χ4n) is 1.24. The second-order valence-corrected chi connectivity index (χ2v) is 2.48. The molecule has 0 spiro atoms. The van der Waals surface area contributed by atoms with Gasteiger partial charge >= 0.3 is 0 Å². The van der Waals surface area contributed by atoms with Crippen molar-refractivity contribution in [2.45, 2.75) is 26.2 Å². The van der Waals surface area contributed by atoms with Gasteiger partial charge in [0, 0.05) is 19.5 Å². The van der Waals surface area contributed by atoms with Gasteiger partial charge in [-0.3, -0.25) is 5.41 Å². The number of hydrogen-bond acceptors (Lipinski definition) is 1. The molecule has 2 nitrogen and oxygen atoms in total. The van der Waals surface area contributed by atoms with Crippen molar-refractivity contribution in [3.05, 3.63) is 0 Å². The molecule has 1 heterocycles. The van der Waals surface area contributed by atoms with E-state index < -0.39 is 0 Å². The van der Waals surface area contributed by atoms with Crippen LogP contribution in [0.1, 0.15) is 26.2 Å². The molecule has 52 valence electrons. The zero-order valence-electron chi connectivity index (χ0n) is 5.98.